The molecule has 2 aliphatic rings. The molecular formula is C16H18N4O3. The van der Waals surface area contributed by atoms with Gasteiger partial charge in [-0.1, -0.05) is 0 Å². The van der Waals surface area contributed by atoms with E-state index in [0.717, 1.165) is 24.5 Å². The van der Waals surface area contributed by atoms with Crippen LogP contribution in [0.4, 0.5) is 0 Å². The number of ether oxygens (including phenoxy) is 2. The van der Waals surface area contributed by atoms with E-state index in [1.54, 1.807) is 18.2 Å². The summed E-state index contributed by atoms with van der Waals surface area (Å²) in [4.78, 5) is 12.5. The van der Waals surface area contributed by atoms with Crippen LogP contribution < -0.4 is 14.8 Å². The number of benzene rings is 1. The van der Waals surface area contributed by atoms with Crippen molar-refractivity contribution in [1.29, 1.82) is 0 Å². The number of amides is 1. The summed E-state index contributed by atoms with van der Waals surface area (Å²) in [6.07, 6.45) is 1.70. The topological polar surface area (TPSA) is 78.3 Å². The molecule has 3 heterocycles. The maximum Gasteiger partial charge on any atom is 0.251 e. The number of aromatic nitrogens is 3. The molecule has 0 saturated heterocycles. The first-order chi connectivity index (χ1) is 11.2. The number of carbonyl (C=O) groups excluding carboxylic acids is 1. The molecule has 4 rings (SSSR count). The van der Waals surface area contributed by atoms with Crippen molar-refractivity contribution in [3.63, 3.8) is 0 Å². The summed E-state index contributed by atoms with van der Waals surface area (Å²) in [5, 5.41) is 11.3. The third kappa shape index (κ3) is 2.62. The maximum absolute atomic E-state index is 12.5. The van der Waals surface area contributed by atoms with Gasteiger partial charge in [0.25, 0.3) is 5.91 Å². The van der Waals surface area contributed by atoms with Gasteiger partial charge in [0.15, 0.2) is 11.5 Å². The van der Waals surface area contributed by atoms with Crippen molar-refractivity contribution in [3.8, 4) is 11.5 Å². The molecule has 7 nitrogen and oxygen atoms in total. The van der Waals surface area contributed by atoms with Crippen molar-refractivity contribution in [2.45, 2.75) is 32.4 Å². The van der Waals surface area contributed by atoms with Gasteiger partial charge in [-0.25, -0.2) is 0 Å². The van der Waals surface area contributed by atoms with E-state index < -0.39 is 0 Å². The van der Waals surface area contributed by atoms with Gasteiger partial charge in [0, 0.05) is 24.6 Å². The molecule has 23 heavy (non-hydrogen) atoms. The minimum atomic E-state index is -0.0962. The predicted molar refractivity (Wildman–Crippen MR) is 81.8 cm³/mol. The first-order valence-corrected chi connectivity index (χ1v) is 7.80. The Hall–Kier alpha value is -2.57. The van der Waals surface area contributed by atoms with Gasteiger partial charge in [-0.05, 0) is 31.5 Å². The number of hydrogen-bond donors (Lipinski definition) is 1. The van der Waals surface area contributed by atoms with Crippen LogP contribution in [0.5, 0.6) is 11.5 Å². The highest BCUT2D eigenvalue weighted by Crippen LogP contribution is 2.30. The smallest absolute Gasteiger partial charge is 0.251 e. The van der Waals surface area contributed by atoms with Crippen molar-refractivity contribution < 1.29 is 14.3 Å². The van der Waals surface area contributed by atoms with Crippen LogP contribution in [-0.2, 0) is 13.0 Å². The van der Waals surface area contributed by atoms with Crippen LogP contribution in [0.2, 0.25) is 0 Å². The molecule has 1 atom stereocenters. The van der Waals surface area contributed by atoms with Crippen LogP contribution in [0.1, 0.15) is 28.4 Å². The molecule has 2 aromatic rings. The van der Waals surface area contributed by atoms with Crippen LogP contribution in [0.3, 0.4) is 0 Å². The normalized spacial score (nSPS) is 19.1. The largest absolute Gasteiger partial charge is 0.486 e. The van der Waals surface area contributed by atoms with Gasteiger partial charge < -0.3 is 19.4 Å². The lowest BCUT2D eigenvalue weighted by Gasteiger charge is -2.25. The van der Waals surface area contributed by atoms with E-state index in [9.17, 15) is 4.79 Å². The summed E-state index contributed by atoms with van der Waals surface area (Å²) in [5.41, 5.74) is 0.584. The van der Waals surface area contributed by atoms with E-state index in [1.807, 2.05) is 6.92 Å². The van der Waals surface area contributed by atoms with E-state index in [-0.39, 0.29) is 11.9 Å². The van der Waals surface area contributed by atoms with E-state index in [0.29, 0.717) is 36.8 Å². The molecule has 0 bridgehead atoms. The first-order valence-electron chi connectivity index (χ1n) is 7.80. The number of nitrogens with zero attached hydrogens (tertiary/aromatic N) is 3. The second kappa shape index (κ2) is 5.57. The second-order valence-corrected chi connectivity index (χ2v) is 5.84. The molecule has 1 N–H and O–H groups in total. The molecule has 0 fully saturated rings. The zero-order valence-corrected chi connectivity index (χ0v) is 12.9. The molecule has 7 heteroatoms. The minimum absolute atomic E-state index is 0.0814. The second-order valence-electron chi connectivity index (χ2n) is 5.84. The molecule has 120 valence electrons. The van der Waals surface area contributed by atoms with Crippen LogP contribution in [-0.4, -0.2) is 39.9 Å². The highest BCUT2D eigenvalue weighted by molar-refractivity contribution is 5.95. The lowest BCUT2D eigenvalue weighted by Crippen LogP contribution is -2.41. The molecule has 0 unspecified atom stereocenters. The molecule has 1 aromatic carbocycles. The third-order valence-corrected chi connectivity index (χ3v) is 4.27. The van der Waals surface area contributed by atoms with Gasteiger partial charge in [0.1, 0.15) is 24.9 Å². The molecule has 0 spiro atoms. The number of nitrogens with one attached hydrogen (secondary N) is 1. The first kappa shape index (κ1) is 14.0. The van der Waals surface area contributed by atoms with Gasteiger partial charge in [-0.15, -0.1) is 10.2 Å². The monoisotopic (exact) mass is 314 g/mol. The van der Waals surface area contributed by atoms with Crippen molar-refractivity contribution in [3.05, 3.63) is 35.4 Å². The standard InChI is InChI=1S/C16H18N4O3/c1-10-18-19-15-5-3-12(9-20(10)15)17-16(21)11-2-4-13-14(8-11)23-7-6-22-13/h2,4,8,12H,3,5-7,9H2,1H3,(H,17,21)/t12-/m1/s1. The van der Waals surface area contributed by atoms with Gasteiger partial charge in [-0.3, -0.25) is 4.79 Å². The van der Waals surface area contributed by atoms with Crippen molar-refractivity contribution >= 4 is 5.91 Å². The van der Waals surface area contributed by atoms with Crippen molar-refractivity contribution in [1.82, 2.24) is 20.1 Å². The summed E-state index contributed by atoms with van der Waals surface area (Å²) in [7, 11) is 0. The van der Waals surface area contributed by atoms with Crippen LogP contribution in [0, 0.1) is 6.92 Å². The fourth-order valence-corrected chi connectivity index (χ4v) is 3.03. The average molecular weight is 314 g/mol. The van der Waals surface area contributed by atoms with Crippen molar-refractivity contribution in [2.24, 2.45) is 0 Å². The predicted octanol–water partition coefficient (Wildman–Crippen LogP) is 1.10. The molecule has 1 aromatic heterocycles. The van der Waals surface area contributed by atoms with E-state index in [2.05, 4.69) is 20.1 Å². The Kier molecular flexibility index (Phi) is 3.40. The van der Waals surface area contributed by atoms with Crippen molar-refractivity contribution in [2.75, 3.05) is 13.2 Å². The summed E-state index contributed by atoms with van der Waals surface area (Å²) >= 11 is 0. The number of fused-ring (bicyclic) bond motifs is 2. The molecule has 1 amide bonds. The van der Waals surface area contributed by atoms with Crippen LogP contribution >= 0.6 is 0 Å². The highest BCUT2D eigenvalue weighted by atomic mass is 16.6. The van der Waals surface area contributed by atoms with Crippen LogP contribution in [0.25, 0.3) is 0 Å². The Morgan fingerprint density at radius 1 is 1.26 bits per heavy atom. The molecule has 0 aliphatic carbocycles. The quantitative estimate of drug-likeness (QED) is 0.898. The molecule has 0 saturated carbocycles. The Morgan fingerprint density at radius 2 is 2.09 bits per heavy atom. The number of aryl methyl sites for hydroxylation is 2. The Bertz CT molecular complexity index is 756. The Balaban J connectivity index is 1.47. The Morgan fingerprint density at radius 3 is 2.96 bits per heavy atom. The van der Waals surface area contributed by atoms with Gasteiger partial charge in [-0.2, -0.15) is 0 Å². The van der Waals surface area contributed by atoms with E-state index in [1.165, 1.54) is 0 Å². The number of carbonyl (C=O) groups is 1. The molecule has 2 aliphatic heterocycles. The van der Waals surface area contributed by atoms with Gasteiger partial charge in [0.2, 0.25) is 0 Å². The fourth-order valence-electron chi connectivity index (χ4n) is 3.03. The average Bonchev–Trinajstić information content (AvgIpc) is 2.95. The summed E-state index contributed by atoms with van der Waals surface area (Å²) in [6.45, 7) is 3.70. The highest BCUT2D eigenvalue weighted by Gasteiger charge is 2.23. The summed E-state index contributed by atoms with van der Waals surface area (Å²) in [6, 6.07) is 5.37. The SMILES string of the molecule is Cc1nnc2n1C[C@H](NC(=O)c1ccc3c(c1)OCCO3)CC2. The van der Waals surface area contributed by atoms with Gasteiger partial charge >= 0.3 is 0 Å². The third-order valence-electron chi connectivity index (χ3n) is 4.27. The van der Waals surface area contributed by atoms with E-state index in [4.69, 9.17) is 9.47 Å². The minimum Gasteiger partial charge on any atom is -0.486 e. The Labute approximate surface area is 133 Å². The maximum atomic E-state index is 12.5. The molecule has 0 radical (unpaired) electrons. The summed E-state index contributed by atoms with van der Waals surface area (Å²) < 4.78 is 13.1. The van der Waals surface area contributed by atoms with E-state index >= 15 is 0 Å². The lowest BCUT2D eigenvalue weighted by atomic mass is 10.1. The zero-order valence-electron chi connectivity index (χ0n) is 12.9. The summed E-state index contributed by atoms with van der Waals surface area (Å²) in [5.74, 6) is 3.10. The molecular weight excluding hydrogens is 296 g/mol. The number of hydrogen-bond acceptors (Lipinski definition) is 5. The van der Waals surface area contributed by atoms with Gasteiger partial charge in [0.05, 0.1) is 0 Å². The number of rotatable bonds is 2. The van der Waals surface area contributed by atoms with Crippen LogP contribution in [0.15, 0.2) is 18.2 Å². The zero-order chi connectivity index (χ0) is 15.8. The lowest BCUT2D eigenvalue weighted by molar-refractivity contribution is 0.0926. The fraction of sp³-hybridized carbons (Fsp3) is 0.438.